The van der Waals surface area contributed by atoms with Crippen molar-refractivity contribution < 1.29 is 28.2 Å². The number of methoxy groups -OCH3 is 1. The highest BCUT2D eigenvalue weighted by atomic mass is 19.1. The lowest BCUT2D eigenvalue weighted by Gasteiger charge is -2.22. The number of carbonyl (C=O) groups is 1. The average Bonchev–Trinajstić information content (AvgIpc) is 3.32. The van der Waals surface area contributed by atoms with Crippen LogP contribution >= 0.6 is 0 Å². The van der Waals surface area contributed by atoms with Crippen LogP contribution in [0.4, 0.5) is 15.9 Å². The van der Waals surface area contributed by atoms with E-state index in [0.29, 0.717) is 29.3 Å². The number of carbonyl (C=O) groups excluding carboxylic acids is 1. The van der Waals surface area contributed by atoms with Gasteiger partial charge in [0.2, 0.25) is 0 Å². The van der Waals surface area contributed by atoms with Gasteiger partial charge < -0.3 is 23.9 Å². The highest BCUT2D eigenvalue weighted by Crippen LogP contribution is 2.33. The van der Waals surface area contributed by atoms with Crippen LogP contribution < -0.4 is 14.4 Å². The molecule has 0 spiro atoms. The van der Waals surface area contributed by atoms with Crippen molar-refractivity contribution in [1.82, 2.24) is 4.98 Å². The van der Waals surface area contributed by atoms with E-state index in [2.05, 4.69) is 9.99 Å². The number of aryl methyl sites for hydroxylation is 1. The van der Waals surface area contributed by atoms with Crippen molar-refractivity contribution in [3.8, 4) is 11.5 Å². The third-order valence-corrected chi connectivity index (χ3v) is 5.89. The van der Waals surface area contributed by atoms with Crippen molar-refractivity contribution in [2.75, 3.05) is 32.5 Å². The van der Waals surface area contributed by atoms with Gasteiger partial charge in [-0.15, -0.1) is 0 Å². The van der Waals surface area contributed by atoms with Crippen LogP contribution in [0.1, 0.15) is 28.8 Å². The Bertz CT molecular complexity index is 1280. The molecule has 8 nitrogen and oxygen atoms in total. The molecule has 36 heavy (non-hydrogen) atoms. The van der Waals surface area contributed by atoms with E-state index in [4.69, 9.17) is 19.2 Å². The van der Waals surface area contributed by atoms with Crippen molar-refractivity contribution in [2.45, 2.75) is 26.7 Å². The first kappa shape index (κ1) is 25.1. The summed E-state index contributed by atoms with van der Waals surface area (Å²) in [5.74, 6) is 0.410. The number of hydrogen-bond acceptors (Lipinski definition) is 8. The number of aromatic nitrogens is 1. The summed E-state index contributed by atoms with van der Waals surface area (Å²) in [6.45, 7) is 3.70. The maximum atomic E-state index is 15.2. The Hall–Kier alpha value is -3.98. The van der Waals surface area contributed by atoms with E-state index in [-0.39, 0.29) is 25.6 Å². The van der Waals surface area contributed by atoms with Crippen LogP contribution in [-0.4, -0.2) is 44.2 Å². The van der Waals surface area contributed by atoms with Gasteiger partial charge in [0.1, 0.15) is 12.3 Å². The molecule has 0 radical (unpaired) electrons. The molecule has 0 saturated carbocycles. The Kier molecular flexibility index (Phi) is 7.80. The van der Waals surface area contributed by atoms with E-state index < -0.39 is 11.8 Å². The molecule has 188 valence electrons. The van der Waals surface area contributed by atoms with E-state index in [9.17, 15) is 4.79 Å². The van der Waals surface area contributed by atoms with Gasteiger partial charge in [-0.3, -0.25) is 0 Å². The van der Waals surface area contributed by atoms with Gasteiger partial charge in [0.05, 0.1) is 6.42 Å². The Morgan fingerprint density at radius 2 is 1.86 bits per heavy atom. The van der Waals surface area contributed by atoms with Crippen LogP contribution in [0.25, 0.3) is 0 Å². The molecule has 0 atom stereocenters. The van der Waals surface area contributed by atoms with E-state index in [1.165, 1.54) is 0 Å². The number of hydrogen-bond donors (Lipinski definition) is 0. The van der Waals surface area contributed by atoms with Gasteiger partial charge in [-0.05, 0) is 60.9 Å². The largest absolute Gasteiger partial charge is 0.484 e. The fraction of sp³-hybridized carbons (Fsp3) is 0.296. The highest BCUT2D eigenvalue weighted by Gasteiger charge is 2.21. The number of ether oxygens (including phenoxy) is 3. The van der Waals surface area contributed by atoms with Crippen LogP contribution in [0, 0.1) is 19.7 Å². The summed E-state index contributed by atoms with van der Waals surface area (Å²) in [6.07, 6.45) is 0.470. The summed E-state index contributed by atoms with van der Waals surface area (Å²) in [6, 6.07) is 15.2. The lowest BCUT2D eigenvalue weighted by molar-refractivity contribution is -0.140. The molecule has 0 unspecified atom stereocenters. The SMILES string of the molecule is COCOc1ccc(Cc2c(C)cc(OCC3=NOC(=O)C3)c(F)c2C)nc1N(C)c1ccccc1. The average molecular weight is 494 g/mol. The predicted molar refractivity (Wildman–Crippen MR) is 134 cm³/mol. The van der Waals surface area contributed by atoms with Gasteiger partial charge in [0.15, 0.2) is 29.9 Å². The predicted octanol–water partition coefficient (Wildman–Crippen LogP) is 4.86. The highest BCUT2D eigenvalue weighted by molar-refractivity contribution is 6.02. The number of rotatable bonds is 10. The minimum Gasteiger partial charge on any atom is -0.484 e. The maximum Gasteiger partial charge on any atom is 0.340 e. The molecule has 0 fully saturated rings. The Labute approximate surface area is 209 Å². The molecular formula is C27H28FN3O5. The van der Waals surface area contributed by atoms with Gasteiger partial charge in [0, 0.05) is 32.0 Å². The Morgan fingerprint density at radius 3 is 2.56 bits per heavy atom. The summed E-state index contributed by atoms with van der Waals surface area (Å²) >= 11 is 0. The Morgan fingerprint density at radius 1 is 1.08 bits per heavy atom. The van der Waals surface area contributed by atoms with Crippen LogP contribution in [-0.2, 0) is 20.8 Å². The van der Waals surface area contributed by atoms with Gasteiger partial charge in [-0.2, -0.15) is 0 Å². The van der Waals surface area contributed by atoms with Gasteiger partial charge in [-0.25, -0.2) is 14.2 Å². The topological polar surface area (TPSA) is 82.5 Å². The number of pyridine rings is 1. The van der Waals surface area contributed by atoms with Crippen molar-refractivity contribution in [1.29, 1.82) is 0 Å². The second-order valence-electron chi connectivity index (χ2n) is 8.44. The van der Waals surface area contributed by atoms with Gasteiger partial charge in [0.25, 0.3) is 0 Å². The summed E-state index contributed by atoms with van der Waals surface area (Å²) in [4.78, 5) is 22.5. The van der Waals surface area contributed by atoms with Crippen LogP contribution in [0.15, 0.2) is 53.7 Å². The molecule has 1 aliphatic heterocycles. The molecule has 0 N–H and O–H groups in total. The van der Waals surface area contributed by atoms with E-state index in [1.54, 1.807) is 20.1 Å². The van der Waals surface area contributed by atoms with E-state index in [0.717, 1.165) is 22.5 Å². The lowest BCUT2D eigenvalue weighted by Crippen LogP contribution is -2.15. The standard InChI is InChI=1S/C27H28FN3O5/c1-17-12-24(34-15-20-14-25(32)36-30-20)26(28)18(2)22(17)13-19-10-11-23(35-16-33-4)27(29-19)31(3)21-8-6-5-7-9-21/h5-12H,13-16H2,1-4H3. The summed E-state index contributed by atoms with van der Waals surface area (Å²) < 4.78 is 31.6. The number of anilines is 2. The molecule has 0 amide bonds. The van der Waals surface area contributed by atoms with Crippen LogP contribution in [0.5, 0.6) is 11.5 Å². The lowest BCUT2D eigenvalue weighted by atomic mass is 9.97. The zero-order valence-electron chi connectivity index (χ0n) is 20.7. The molecule has 4 rings (SSSR count). The zero-order chi connectivity index (χ0) is 25.7. The Balaban J connectivity index is 1.59. The monoisotopic (exact) mass is 493 g/mol. The number of benzene rings is 2. The number of nitrogens with zero attached hydrogens (tertiary/aromatic N) is 3. The quantitative estimate of drug-likeness (QED) is 0.295. The minimum atomic E-state index is -0.455. The normalized spacial score (nSPS) is 12.8. The van der Waals surface area contributed by atoms with E-state index in [1.807, 2.05) is 61.3 Å². The van der Waals surface area contributed by atoms with E-state index >= 15 is 4.39 Å². The molecule has 0 aliphatic carbocycles. The number of halogens is 1. The first-order chi connectivity index (χ1) is 17.4. The molecule has 1 aliphatic rings. The molecular weight excluding hydrogens is 465 g/mol. The van der Waals surface area contributed by atoms with Crippen molar-refractivity contribution in [3.63, 3.8) is 0 Å². The summed E-state index contributed by atoms with van der Waals surface area (Å²) in [7, 11) is 3.47. The smallest absolute Gasteiger partial charge is 0.340 e. The first-order valence-corrected chi connectivity index (χ1v) is 11.4. The molecule has 2 aromatic carbocycles. The molecule has 1 aromatic heterocycles. The zero-order valence-corrected chi connectivity index (χ0v) is 20.7. The maximum absolute atomic E-state index is 15.2. The minimum absolute atomic E-state index is 0.0133. The second-order valence-corrected chi connectivity index (χ2v) is 8.44. The van der Waals surface area contributed by atoms with Crippen LogP contribution in [0.2, 0.25) is 0 Å². The van der Waals surface area contributed by atoms with Crippen molar-refractivity contribution in [3.05, 3.63) is 76.7 Å². The molecule has 0 saturated heterocycles. The fourth-order valence-electron chi connectivity index (χ4n) is 3.93. The third-order valence-electron chi connectivity index (χ3n) is 5.89. The fourth-order valence-corrected chi connectivity index (χ4v) is 3.93. The van der Waals surface area contributed by atoms with Gasteiger partial charge in [-0.1, -0.05) is 23.4 Å². The number of oxime groups is 1. The van der Waals surface area contributed by atoms with Gasteiger partial charge >= 0.3 is 5.97 Å². The molecule has 2 heterocycles. The summed E-state index contributed by atoms with van der Waals surface area (Å²) in [5, 5.41) is 3.64. The summed E-state index contributed by atoms with van der Waals surface area (Å²) in [5.41, 5.74) is 4.29. The van der Waals surface area contributed by atoms with Crippen LogP contribution in [0.3, 0.4) is 0 Å². The second kappa shape index (κ2) is 11.2. The number of para-hydroxylation sites is 1. The molecule has 9 heteroatoms. The third kappa shape index (κ3) is 5.63. The van der Waals surface area contributed by atoms with Crippen molar-refractivity contribution >= 4 is 23.2 Å². The van der Waals surface area contributed by atoms with Crippen molar-refractivity contribution in [2.24, 2.45) is 5.16 Å². The first-order valence-electron chi connectivity index (χ1n) is 11.4. The molecule has 0 bridgehead atoms. The molecule has 3 aromatic rings.